The quantitative estimate of drug-likeness (QED) is 0.483. The molecule has 176 valence electrons. The van der Waals surface area contributed by atoms with Crippen molar-refractivity contribution in [3.05, 3.63) is 129 Å². The number of carbonyl (C=O) groups is 2. The van der Waals surface area contributed by atoms with Crippen LogP contribution in [0.4, 0.5) is 0 Å². The third kappa shape index (κ3) is 4.47. The molecule has 6 heteroatoms. The number of nitrogens with one attached hydrogen (secondary N) is 2. The monoisotopic (exact) mass is 483 g/mol. The van der Waals surface area contributed by atoms with Crippen LogP contribution in [0.15, 0.2) is 108 Å². The van der Waals surface area contributed by atoms with Gasteiger partial charge >= 0.3 is 0 Å². The summed E-state index contributed by atoms with van der Waals surface area (Å²) < 4.78 is 0. The number of carbonyl (C=O) groups excluding carboxylic acids is 2. The second-order valence-electron chi connectivity index (χ2n) is 8.69. The Morgan fingerprint density at radius 1 is 0.943 bits per heavy atom. The number of halogens is 1. The molecule has 1 unspecified atom stereocenters. The van der Waals surface area contributed by atoms with Crippen LogP contribution in [0.25, 0.3) is 0 Å². The van der Waals surface area contributed by atoms with E-state index in [2.05, 4.69) is 15.5 Å². The summed E-state index contributed by atoms with van der Waals surface area (Å²) in [6, 6.07) is 26.4. The number of ketones is 1. The normalized spacial score (nSPS) is 17.2. The molecule has 0 radical (unpaired) electrons. The molecule has 3 aromatic carbocycles. The SMILES string of the molecule is CC1=C(C(=O)NCc2ccccc2)C(c2ccc(Cl)cc2)C(C(=O)c2ccccc2)=C2NCCN12. The highest BCUT2D eigenvalue weighted by molar-refractivity contribution is 6.30. The number of Topliss-reactive ketones (excluding diaryl/α,β-unsaturated/α-hetero) is 1. The van der Waals surface area contributed by atoms with Gasteiger partial charge < -0.3 is 15.5 Å². The zero-order valence-corrected chi connectivity index (χ0v) is 20.2. The molecule has 2 aliphatic rings. The van der Waals surface area contributed by atoms with E-state index in [1.807, 2.05) is 79.7 Å². The van der Waals surface area contributed by atoms with Gasteiger partial charge in [0.2, 0.25) is 5.91 Å². The number of nitrogens with zero attached hydrogens (tertiary/aromatic N) is 1. The van der Waals surface area contributed by atoms with E-state index in [0.29, 0.717) is 41.4 Å². The topological polar surface area (TPSA) is 61.4 Å². The van der Waals surface area contributed by atoms with E-state index in [0.717, 1.165) is 22.6 Å². The first-order valence-corrected chi connectivity index (χ1v) is 12.1. The molecule has 2 heterocycles. The van der Waals surface area contributed by atoms with Gasteiger partial charge in [0.25, 0.3) is 0 Å². The Morgan fingerprint density at radius 3 is 2.29 bits per heavy atom. The highest BCUT2D eigenvalue weighted by Gasteiger charge is 2.42. The van der Waals surface area contributed by atoms with Crippen molar-refractivity contribution in [2.45, 2.75) is 19.4 Å². The van der Waals surface area contributed by atoms with Gasteiger partial charge in [-0.3, -0.25) is 9.59 Å². The van der Waals surface area contributed by atoms with Crippen molar-refractivity contribution in [2.24, 2.45) is 0 Å². The Hall–Kier alpha value is -3.83. The number of fused-ring (bicyclic) bond motifs is 1. The molecule has 0 bridgehead atoms. The first-order valence-electron chi connectivity index (χ1n) is 11.7. The predicted octanol–water partition coefficient (Wildman–Crippen LogP) is 5.03. The summed E-state index contributed by atoms with van der Waals surface area (Å²) in [4.78, 5) is 29.7. The Kier molecular flexibility index (Phi) is 6.43. The highest BCUT2D eigenvalue weighted by Crippen LogP contribution is 2.43. The van der Waals surface area contributed by atoms with Gasteiger partial charge in [0, 0.05) is 47.4 Å². The number of hydrogen-bond donors (Lipinski definition) is 2. The summed E-state index contributed by atoms with van der Waals surface area (Å²) in [5, 5.41) is 7.10. The molecular formula is C29H26ClN3O2. The number of rotatable bonds is 6. The van der Waals surface area contributed by atoms with Crippen molar-refractivity contribution >= 4 is 23.3 Å². The van der Waals surface area contributed by atoms with E-state index in [1.54, 1.807) is 12.1 Å². The van der Waals surface area contributed by atoms with E-state index in [9.17, 15) is 9.59 Å². The summed E-state index contributed by atoms with van der Waals surface area (Å²) in [5.74, 6) is -0.0417. The fourth-order valence-corrected chi connectivity index (χ4v) is 4.97. The Balaban J connectivity index is 1.61. The van der Waals surface area contributed by atoms with Crippen molar-refractivity contribution in [2.75, 3.05) is 13.1 Å². The number of amides is 1. The first kappa shape index (κ1) is 22.9. The summed E-state index contributed by atoms with van der Waals surface area (Å²) >= 11 is 6.19. The minimum Gasteiger partial charge on any atom is -0.369 e. The maximum absolute atomic E-state index is 13.9. The molecule has 0 aromatic heterocycles. The third-order valence-corrected chi connectivity index (χ3v) is 6.80. The van der Waals surface area contributed by atoms with Crippen LogP contribution in [0.1, 0.15) is 34.3 Å². The van der Waals surface area contributed by atoms with Crippen molar-refractivity contribution in [3.63, 3.8) is 0 Å². The molecule has 0 aliphatic carbocycles. The lowest BCUT2D eigenvalue weighted by atomic mass is 9.77. The van der Waals surface area contributed by atoms with E-state index < -0.39 is 5.92 Å². The lowest BCUT2D eigenvalue weighted by Crippen LogP contribution is -2.38. The number of benzene rings is 3. The summed E-state index contributed by atoms with van der Waals surface area (Å²) in [6.07, 6.45) is 0. The number of hydrogen-bond acceptors (Lipinski definition) is 4. The van der Waals surface area contributed by atoms with Gasteiger partial charge in [-0.2, -0.15) is 0 Å². The zero-order chi connectivity index (χ0) is 24.4. The van der Waals surface area contributed by atoms with Crippen LogP contribution in [-0.2, 0) is 11.3 Å². The van der Waals surface area contributed by atoms with Crippen LogP contribution in [0.2, 0.25) is 5.02 Å². The molecule has 0 spiro atoms. The van der Waals surface area contributed by atoms with Crippen molar-refractivity contribution in [1.82, 2.24) is 15.5 Å². The van der Waals surface area contributed by atoms with E-state index in [1.165, 1.54) is 0 Å². The van der Waals surface area contributed by atoms with Gasteiger partial charge in [-0.25, -0.2) is 0 Å². The molecule has 3 aromatic rings. The average molecular weight is 484 g/mol. The van der Waals surface area contributed by atoms with E-state index in [-0.39, 0.29) is 11.7 Å². The van der Waals surface area contributed by atoms with E-state index in [4.69, 9.17) is 11.6 Å². The maximum atomic E-state index is 13.9. The first-order chi connectivity index (χ1) is 17.0. The molecule has 2 aliphatic heterocycles. The van der Waals surface area contributed by atoms with Crippen LogP contribution in [0, 0.1) is 0 Å². The van der Waals surface area contributed by atoms with Crippen LogP contribution < -0.4 is 10.6 Å². The molecule has 0 saturated carbocycles. The Labute approximate surface area is 210 Å². The highest BCUT2D eigenvalue weighted by atomic mass is 35.5. The van der Waals surface area contributed by atoms with E-state index >= 15 is 0 Å². The fourth-order valence-electron chi connectivity index (χ4n) is 4.85. The third-order valence-electron chi connectivity index (χ3n) is 6.55. The minimum atomic E-state index is -0.535. The largest absolute Gasteiger partial charge is 0.369 e. The molecular weight excluding hydrogens is 458 g/mol. The molecule has 1 amide bonds. The number of allylic oxidation sites excluding steroid dienone is 2. The van der Waals surface area contributed by atoms with Gasteiger partial charge in [-0.15, -0.1) is 0 Å². The Morgan fingerprint density at radius 2 is 1.60 bits per heavy atom. The fraction of sp³-hybridized carbons (Fsp3) is 0.172. The minimum absolute atomic E-state index is 0.0965. The van der Waals surface area contributed by atoms with Crippen molar-refractivity contribution in [3.8, 4) is 0 Å². The molecule has 5 rings (SSSR count). The van der Waals surface area contributed by atoms with Gasteiger partial charge in [-0.1, -0.05) is 84.4 Å². The molecule has 1 saturated heterocycles. The second-order valence-corrected chi connectivity index (χ2v) is 9.12. The lowest BCUT2D eigenvalue weighted by Gasteiger charge is -2.35. The van der Waals surface area contributed by atoms with Gasteiger partial charge in [0.05, 0.1) is 5.57 Å². The smallest absolute Gasteiger partial charge is 0.250 e. The second kappa shape index (κ2) is 9.80. The molecule has 2 N–H and O–H groups in total. The van der Waals surface area contributed by atoms with Crippen LogP contribution >= 0.6 is 11.6 Å². The lowest BCUT2D eigenvalue weighted by molar-refractivity contribution is -0.118. The predicted molar refractivity (Wildman–Crippen MR) is 138 cm³/mol. The van der Waals surface area contributed by atoms with Crippen LogP contribution in [0.3, 0.4) is 0 Å². The van der Waals surface area contributed by atoms with Crippen LogP contribution in [-0.4, -0.2) is 29.7 Å². The standard InChI is InChI=1S/C29H26ClN3O2/c1-19-24(29(35)32-18-20-8-4-2-5-9-20)25(21-12-14-23(30)15-13-21)26(28-31-16-17-33(19)28)27(34)22-10-6-3-7-11-22/h2-15,25,31H,16-18H2,1H3,(H,32,35). The van der Waals surface area contributed by atoms with Gasteiger partial charge in [0.1, 0.15) is 5.82 Å². The molecule has 35 heavy (non-hydrogen) atoms. The maximum Gasteiger partial charge on any atom is 0.250 e. The van der Waals surface area contributed by atoms with Crippen LogP contribution in [0.5, 0.6) is 0 Å². The zero-order valence-electron chi connectivity index (χ0n) is 19.4. The summed E-state index contributed by atoms with van der Waals surface area (Å²) in [6.45, 7) is 3.75. The van der Waals surface area contributed by atoms with Crippen molar-refractivity contribution in [1.29, 1.82) is 0 Å². The summed E-state index contributed by atoms with van der Waals surface area (Å²) in [7, 11) is 0. The molecule has 5 nitrogen and oxygen atoms in total. The van der Waals surface area contributed by atoms with Gasteiger partial charge in [-0.05, 0) is 30.2 Å². The molecule has 1 atom stereocenters. The molecule has 1 fully saturated rings. The van der Waals surface area contributed by atoms with Crippen molar-refractivity contribution < 1.29 is 9.59 Å². The average Bonchev–Trinajstić information content (AvgIpc) is 3.39. The Bertz CT molecular complexity index is 1320. The summed E-state index contributed by atoms with van der Waals surface area (Å²) in [5.41, 5.74) is 4.45. The van der Waals surface area contributed by atoms with Gasteiger partial charge in [0.15, 0.2) is 5.78 Å².